The third kappa shape index (κ3) is 5.75. The summed E-state index contributed by atoms with van der Waals surface area (Å²) >= 11 is 1.23. The SMILES string of the molecule is COCCNC(=O)CSc1ccccc1C(=O)OC1CC(C)OC1=O. The Labute approximate surface area is 150 Å². The highest BCUT2D eigenvalue weighted by molar-refractivity contribution is 8.00. The van der Waals surface area contributed by atoms with E-state index in [4.69, 9.17) is 14.2 Å². The van der Waals surface area contributed by atoms with Gasteiger partial charge < -0.3 is 19.5 Å². The summed E-state index contributed by atoms with van der Waals surface area (Å²) in [7, 11) is 1.56. The summed E-state index contributed by atoms with van der Waals surface area (Å²) in [4.78, 5) is 36.4. The summed E-state index contributed by atoms with van der Waals surface area (Å²) in [6.45, 7) is 2.62. The van der Waals surface area contributed by atoms with Crippen molar-refractivity contribution in [2.45, 2.75) is 30.4 Å². The molecular weight excluding hydrogens is 346 g/mol. The van der Waals surface area contributed by atoms with Gasteiger partial charge in [0.2, 0.25) is 12.0 Å². The van der Waals surface area contributed by atoms with Crippen molar-refractivity contribution in [3.05, 3.63) is 29.8 Å². The highest BCUT2D eigenvalue weighted by Gasteiger charge is 2.35. The molecule has 1 aromatic carbocycles. The fourth-order valence-corrected chi connectivity index (χ4v) is 3.13. The van der Waals surface area contributed by atoms with Gasteiger partial charge in [-0.2, -0.15) is 0 Å². The zero-order chi connectivity index (χ0) is 18.2. The van der Waals surface area contributed by atoms with Crippen LogP contribution in [-0.2, 0) is 23.8 Å². The molecule has 8 heteroatoms. The Bertz CT molecular complexity index is 635. The lowest BCUT2D eigenvalue weighted by Crippen LogP contribution is -2.28. The molecule has 2 unspecified atom stereocenters. The molecule has 7 nitrogen and oxygen atoms in total. The van der Waals surface area contributed by atoms with E-state index in [1.54, 1.807) is 38.3 Å². The molecule has 0 aliphatic carbocycles. The number of thioether (sulfide) groups is 1. The molecule has 0 saturated carbocycles. The third-order valence-electron chi connectivity index (χ3n) is 3.47. The molecule has 1 heterocycles. The number of amides is 1. The number of hydrogen-bond acceptors (Lipinski definition) is 7. The first-order valence-electron chi connectivity index (χ1n) is 7.90. The minimum atomic E-state index is -0.877. The average molecular weight is 367 g/mol. The van der Waals surface area contributed by atoms with Crippen LogP contribution in [0.25, 0.3) is 0 Å². The van der Waals surface area contributed by atoms with E-state index in [0.717, 1.165) is 0 Å². The molecule has 1 amide bonds. The first-order valence-corrected chi connectivity index (χ1v) is 8.88. The molecule has 0 aromatic heterocycles. The van der Waals surface area contributed by atoms with E-state index in [1.165, 1.54) is 11.8 Å². The van der Waals surface area contributed by atoms with Crippen molar-refractivity contribution in [1.29, 1.82) is 0 Å². The average Bonchev–Trinajstić information content (AvgIpc) is 2.90. The lowest BCUT2D eigenvalue weighted by Gasteiger charge is -2.11. The highest BCUT2D eigenvalue weighted by Crippen LogP contribution is 2.25. The quantitative estimate of drug-likeness (QED) is 0.422. The Balaban J connectivity index is 1.94. The van der Waals surface area contributed by atoms with Crippen molar-refractivity contribution in [1.82, 2.24) is 5.32 Å². The molecule has 1 aliphatic rings. The van der Waals surface area contributed by atoms with Crippen molar-refractivity contribution < 1.29 is 28.6 Å². The van der Waals surface area contributed by atoms with Crippen LogP contribution in [0.1, 0.15) is 23.7 Å². The molecule has 0 bridgehead atoms. The second-order valence-electron chi connectivity index (χ2n) is 5.50. The number of nitrogens with one attached hydrogen (secondary N) is 1. The molecule has 1 aromatic rings. The number of esters is 2. The molecular formula is C17H21NO6S. The van der Waals surface area contributed by atoms with Gasteiger partial charge in [0.1, 0.15) is 6.10 Å². The number of hydrogen-bond donors (Lipinski definition) is 1. The van der Waals surface area contributed by atoms with E-state index in [1.807, 2.05) is 0 Å². The number of ether oxygens (including phenoxy) is 3. The second-order valence-corrected chi connectivity index (χ2v) is 6.52. The van der Waals surface area contributed by atoms with E-state index in [9.17, 15) is 14.4 Å². The van der Waals surface area contributed by atoms with Crippen molar-refractivity contribution in [3.63, 3.8) is 0 Å². The van der Waals surface area contributed by atoms with Gasteiger partial charge in [-0.25, -0.2) is 9.59 Å². The Morgan fingerprint density at radius 3 is 2.80 bits per heavy atom. The summed E-state index contributed by atoms with van der Waals surface area (Å²) in [5.41, 5.74) is 0.324. The fourth-order valence-electron chi connectivity index (χ4n) is 2.26. The van der Waals surface area contributed by atoms with Crippen LogP contribution in [0.3, 0.4) is 0 Å². The van der Waals surface area contributed by atoms with Gasteiger partial charge in [0.25, 0.3) is 0 Å². The number of carbonyl (C=O) groups is 3. The van der Waals surface area contributed by atoms with Crippen LogP contribution in [0.4, 0.5) is 0 Å². The molecule has 1 aliphatic heterocycles. The van der Waals surface area contributed by atoms with Gasteiger partial charge in [0, 0.05) is 25.0 Å². The lowest BCUT2D eigenvalue weighted by molar-refractivity contribution is -0.147. The molecule has 0 radical (unpaired) electrons. The molecule has 1 saturated heterocycles. The smallest absolute Gasteiger partial charge is 0.347 e. The van der Waals surface area contributed by atoms with Gasteiger partial charge in [0.15, 0.2) is 0 Å². The van der Waals surface area contributed by atoms with E-state index >= 15 is 0 Å². The number of rotatable bonds is 8. The summed E-state index contributed by atoms with van der Waals surface area (Å²) in [5.74, 6) is -1.11. The number of benzene rings is 1. The van der Waals surface area contributed by atoms with Crippen LogP contribution in [0, 0.1) is 0 Å². The molecule has 25 heavy (non-hydrogen) atoms. The first kappa shape index (κ1) is 19.3. The monoisotopic (exact) mass is 367 g/mol. The van der Waals surface area contributed by atoms with E-state index in [-0.39, 0.29) is 17.8 Å². The molecule has 1 N–H and O–H groups in total. The molecule has 2 atom stereocenters. The van der Waals surface area contributed by atoms with Crippen LogP contribution in [0.5, 0.6) is 0 Å². The van der Waals surface area contributed by atoms with E-state index < -0.39 is 18.0 Å². The van der Waals surface area contributed by atoms with Crippen LogP contribution in [-0.4, -0.2) is 56.1 Å². The van der Waals surface area contributed by atoms with Crippen LogP contribution < -0.4 is 5.32 Å². The summed E-state index contributed by atoms with van der Waals surface area (Å²) in [6.07, 6.45) is -0.787. The maximum absolute atomic E-state index is 12.4. The summed E-state index contributed by atoms with van der Waals surface area (Å²) in [5, 5.41) is 2.71. The van der Waals surface area contributed by atoms with Crippen molar-refractivity contribution in [2.24, 2.45) is 0 Å². The number of methoxy groups -OCH3 is 1. The Morgan fingerprint density at radius 2 is 2.12 bits per heavy atom. The minimum absolute atomic E-state index is 0.154. The zero-order valence-electron chi connectivity index (χ0n) is 14.2. The fraction of sp³-hybridized carbons (Fsp3) is 0.471. The lowest BCUT2D eigenvalue weighted by atomic mass is 10.2. The normalized spacial score (nSPS) is 19.4. The van der Waals surface area contributed by atoms with Crippen LogP contribution in [0.15, 0.2) is 29.2 Å². The topological polar surface area (TPSA) is 90.9 Å². The third-order valence-corrected chi connectivity index (χ3v) is 4.54. The zero-order valence-corrected chi connectivity index (χ0v) is 15.0. The Hall–Kier alpha value is -2.06. The van der Waals surface area contributed by atoms with Crippen molar-refractivity contribution in [3.8, 4) is 0 Å². The largest absolute Gasteiger partial charge is 0.460 e. The van der Waals surface area contributed by atoms with Crippen molar-refractivity contribution in [2.75, 3.05) is 26.0 Å². The maximum Gasteiger partial charge on any atom is 0.347 e. The standard InChI is InChI=1S/C17H21NO6S/c1-11-9-13(17(21)23-11)24-16(20)12-5-3-4-6-14(12)25-10-15(19)18-7-8-22-2/h3-6,11,13H,7-10H2,1-2H3,(H,18,19). The second kappa shape index (κ2) is 9.43. The van der Waals surface area contributed by atoms with E-state index in [2.05, 4.69) is 5.32 Å². The van der Waals surface area contributed by atoms with Gasteiger partial charge in [-0.15, -0.1) is 11.8 Å². The van der Waals surface area contributed by atoms with E-state index in [0.29, 0.717) is 30.0 Å². The highest BCUT2D eigenvalue weighted by atomic mass is 32.2. The predicted molar refractivity (Wildman–Crippen MR) is 91.4 cm³/mol. The molecule has 136 valence electrons. The summed E-state index contributed by atoms with van der Waals surface area (Å²) in [6, 6.07) is 6.82. The van der Waals surface area contributed by atoms with Gasteiger partial charge in [0.05, 0.1) is 17.9 Å². The number of cyclic esters (lactones) is 1. The van der Waals surface area contributed by atoms with Crippen molar-refractivity contribution >= 4 is 29.6 Å². The first-order chi connectivity index (χ1) is 12.0. The van der Waals surface area contributed by atoms with Gasteiger partial charge >= 0.3 is 11.9 Å². The Morgan fingerprint density at radius 1 is 1.36 bits per heavy atom. The van der Waals surface area contributed by atoms with Gasteiger partial charge in [-0.1, -0.05) is 12.1 Å². The molecule has 2 rings (SSSR count). The predicted octanol–water partition coefficient (Wildman–Crippen LogP) is 1.40. The van der Waals surface area contributed by atoms with Gasteiger partial charge in [-0.05, 0) is 19.1 Å². The maximum atomic E-state index is 12.4. The summed E-state index contributed by atoms with van der Waals surface area (Å²) < 4.78 is 15.1. The number of carbonyl (C=O) groups excluding carboxylic acids is 3. The minimum Gasteiger partial charge on any atom is -0.460 e. The molecule has 1 fully saturated rings. The van der Waals surface area contributed by atoms with Crippen LogP contribution >= 0.6 is 11.8 Å². The molecule has 0 spiro atoms. The van der Waals surface area contributed by atoms with Gasteiger partial charge in [-0.3, -0.25) is 4.79 Å². The Kier molecular flexibility index (Phi) is 7.27. The van der Waals surface area contributed by atoms with Crippen LogP contribution in [0.2, 0.25) is 0 Å².